The molecule has 1 heteroatoms. The van der Waals surface area contributed by atoms with Gasteiger partial charge < -0.3 is 5.11 Å². The molecule has 2 rings (SSSR count). The Balaban J connectivity index is 2.54. The molecule has 102 valence electrons. The minimum atomic E-state index is 0.270. The van der Waals surface area contributed by atoms with Crippen molar-refractivity contribution in [3.05, 3.63) is 52.6 Å². The summed E-state index contributed by atoms with van der Waals surface area (Å²) >= 11 is 0. The molecule has 0 amide bonds. The van der Waals surface area contributed by atoms with Crippen molar-refractivity contribution in [2.75, 3.05) is 0 Å². The molecule has 0 aromatic heterocycles. The molecule has 1 aromatic rings. The number of hydrogen-bond donors (Lipinski definition) is 1. The molecular formula is C18H24O. The minimum Gasteiger partial charge on any atom is -0.508 e. The molecule has 1 aliphatic carbocycles. The maximum Gasteiger partial charge on any atom is 0.119 e. The molecule has 0 fully saturated rings. The minimum absolute atomic E-state index is 0.270. The van der Waals surface area contributed by atoms with Gasteiger partial charge in [-0.1, -0.05) is 29.9 Å². The largest absolute Gasteiger partial charge is 0.508 e. The summed E-state index contributed by atoms with van der Waals surface area (Å²) in [6, 6.07) is 4.03. The smallest absolute Gasteiger partial charge is 0.119 e. The molecule has 1 nitrogen and oxygen atoms in total. The van der Waals surface area contributed by atoms with Crippen molar-refractivity contribution in [3.63, 3.8) is 0 Å². The topological polar surface area (TPSA) is 20.2 Å². The van der Waals surface area contributed by atoms with Crippen molar-refractivity contribution in [2.45, 2.75) is 46.5 Å². The molecule has 1 aromatic carbocycles. The van der Waals surface area contributed by atoms with Gasteiger partial charge in [0.25, 0.3) is 0 Å². The van der Waals surface area contributed by atoms with E-state index in [9.17, 15) is 5.11 Å². The molecule has 0 saturated heterocycles. The zero-order valence-electron chi connectivity index (χ0n) is 12.5. The monoisotopic (exact) mass is 256 g/mol. The molecule has 0 bridgehead atoms. The van der Waals surface area contributed by atoms with Crippen molar-refractivity contribution in [3.8, 4) is 5.75 Å². The number of benzene rings is 1. The first-order valence-corrected chi connectivity index (χ1v) is 7.03. The normalized spacial score (nSPS) is 23.1. The van der Waals surface area contributed by atoms with Crippen molar-refractivity contribution in [1.29, 1.82) is 0 Å². The van der Waals surface area contributed by atoms with Crippen LogP contribution >= 0.6 is 0 Å². The van der Waals surface area contributed by atoms with Crippen LogP contribution in [-0.2, 0) is 0 Å². The third-order valence-corrected chi connectivity index (χ3v) is 4.22. The van der Waals surface area contributed by atoms with Crippen LogP contribution in [-0.4, -0.2) is 5.11 Å². The Morgan fingerprint density at radius 3 is 2.53 bits per heavy atom. The third kappa shape index (κ3) is 2.75. The third-order valence-electron chi connectivity index (χ3n) is 4.22. The standard InChI is InChI=1S/C18H24O/c1-11(2)15-7-6-12(3)9-16(15)18-14(5)8-13(4)10-17(18)19/h8-10,15-16,19H,1,6-7H2,2-5H3. The van der Waals surface area contributed by atoms with Crippen LogP contribution in [0.15, 0.2) is 35.9 Å². The predicted octanol–water partition coefficient (Wildman–Crippen LogP) is 5.03. The summed E-state index contributed by atoms with van der Waals surface area (Å²) in [6.07, 6.45) is 4.59. The van der Waals surface area contributed by atoms with Crippen molar-refractivity contribution in [1.82, 2.24) is 0 Å². The van der Waals surface area contributed by atoms with Crippen molar-refractivity contribution in [2.24, 2.45) is 5.92 Å². The predicted molar refractivity (Wildman–Crippen MR) is 81.6 cm³/mol. The Kier molecular flexibility index (Phi) is 3.84. The van der Waals surface area contributed by atoms with Gasteiger partial charge in [-0.3, -0.25) is 0 Å². The van der Waals surface area contributed by atoms with Crippen LogP contribution in [0.1, 0.15) is 49.3 Å². The van der Waals surface area contributed by atoms with Crippen LogP contribution in [0, 0.1) is 19.8 Å². The van der Waals surface area contributed by atoms with Gasteiger partial charge in [0.15, 0.2) is 0 Å². The van der Waals surface area contributed by atoms with Crippen LogP contribution in [0.3, 0.4) is 0 Å². The summed E-state index contributed by atoms with van der Waals surface area (Å²) in [5, 5.41) is 10.4. The highest BCUT2D eigenvalue weighted by Crippen LogP contribution is 2.44. The molecule has 2 unspecified atom stereocenters. The van der Waals surface area contributed by atoms with E-state index in [0.717, 1.165) is 24.0 Å². The summed E-state index contributed by atoms with van der Waals surface area (Å²) in [7, 11) is 0. The maximum atomic E-state index is 10.4. The van der Waals surface area contributed by atoms with E-state index in [2.05, 4.69) is 39.5 Å². The van der Waals surface area contributed by atoms with E-state index in [1.54, 1.807) is 0 Å². The number of hydrogen-bond acceptors (Lipinski definition) is 1. The molecule has 0 radical (unpaired) electrons. The number of aryl methyl sites for hydroxylation is 2. The van der Waals surface area contributed by atoms with Gasteiger partial charge in [-0.25, -0.2) is 0 Å². The Labute approximate surface area is 116 Å². The highest BCUT2D eigenvalue weighted by atomic mass is 16.3. The van der Waals surface area contributed by atoms with E-state index in [-0.39, 0.29) is 5.92 Å². The fourth-order valence-electron chi connectivity index (χ4n) is 3.30. The van der Waals surface area contributed by atoms with E-state index in [4.69, 9.17) is 0 Å². The molecule has 0 heterocycles. The van der Waals surface area contributed by atoms with Crippen LogP contribution in [0.4, 0.5) is 0 Å². The first-order chi connectivity index (χ1) is 8.90. The lowest BCUT2D eigenvalue weighted by atomic mass is 9.73. The highest BCUT2D eigenvalue weighted by Gasteiger charge is 2.28. The van der Waals surface area contributed by atoms with E-state index in [1.165, 1.54) is 16.7 Å². The van der Waals surface area contributed by atoms with Gasteiger partial charge in [-0.2, -0.15) is 0 Å². The van der Waals surface area contributed by atoms with E-state index >= 15 is 0 Å². The maximum absolute atomic E-state index is 10.4. The number of phenols is 1. The molecule has 0 saturated carbocycles. The molecule has 1 aliphatic rings. The summed E-state index contributed by atoms with van der Waals surface area (Å²) in [5.41, 5.74) is 6.01. The van der Waals surface area contributed by atoms with E-state index in [0.29, 0.717) is 11.7 Å². The second-order valence-electron chi connectivity index (χ2n) is 6.04. The second-order valence-corrected chi connectivity index (χ2v) is 6.04. The van der Waals surface area contributed by atoms with Crippen LogP contribution in [0.25, 0.3) is 0 Å². The Hall–Kier alpha value is -1.50. The van der Waals surface area contributed by atoms with Gasteiger partial charge in [0.05, 0.1) is 0 Å². The van der Waals surface area contributed by atoms with E-state index < -0.39 is 0 Å². The molecule has 2 atom stereocenters. The zero-order chi connectivity index (χ0) is 14.2. The van der Waals surface area contributed by atoms with Crippen LogP contribution in [0.2, 0.25) is 0 Å². The zero-order valence-corrected chi connectivity index (χ0v) is 12.5. The summed E-state index contributed by atoms with van der Waals surface area (Å²) < 4.78 is 0. The van der Waals surface area contributed by atoms with Gasteiger partial charge in [0, 0.05) is 11.5 Å². The Bertz CT molecular complexity index is 514. The molecular weight excluding hydrogens is 232 g/mol. The fourth-order valence-corrected chi connectivity index (χ4v) is 3.30. The van der Waals surface area contributed by atoms with Gasteiger partial charge in [0.1, 0.15) is 5.75 Å². The lowest BCUT2D eigenvalue weighted by Gasteiger charge is -2.32. The van der Waals surface area contributed by atoms with Gasteiger partial charge in [-0.15, -0.1) is 0 Å². The van der Waals surface area contributed by atoms with Gasteiger partial charge >= 0.3 is 0 Å². The van der Waals surface area contributed by atoms with Gasteiger partial charge in [-0.05, 0) is 63.6 Å². The average Bonchev–Trinajstić information content (AvgIpc) is 2.27. The first kappa shape index (κ1) is 13.9. The lowest BCUT2D eigenvalue weighted by Crippen LogP contribution is -2.18. The summed E-state index contributed by atoms with van der Waals surface area (Å²) in [6.45, 7) is 12.5. The van der Waals surface area contributed by atoms with Crippen molar-refractivity contribution < 1.29 is 5.11 Å². The molecule has 0 aliphatic heterocycles. The lowest BCUT2D eigenvalue weighted by molar-refractivity contribution is 0.435. The highest BCUT2D eigenvalue weighted by molar-refractivity contribution is 5.48. The second kappa shape index (κ2) is 5.24. The molecule has 19 heavy (non-hydrogen) atoms. The first-order valence-electron chi connectivity index (χ1n) is 7.03. The van der Waals surface area contributed by atoms with Crippen molar-refractivity contribution >= 4 is 0 Å². The quantitative estimate of drug-likeness (QED) is 0.736. The molecule has 1 N–H and O–H groups in total. The Morgan fingerprint density at radius 1 is 1.26 bits per heavy atom. The number of phenolic OH excluding ortho intramolecular Hbond substituents is 1. The number of allylic oxidation sites excluding steroid dienone is 3. The Morgan fingerprint density at radius 2 is 1.95 bits per heavy atom. The average molecular weight is 256 g/mol. The molecule has 0 spiro atoms. The SMILES string of the molecule is C=C(C)C1CCC(C)=CC1c1c(C)cc(C)cc1O. The van der Waals surface area contributed by atoms with Crippen LogP contribution < -0.4 is 0 Å². The summed E-state index contributed by atoms with van der Waals surface area (Å²) in [5.74, 6) is 1.14. The van der Waals surface area contributed by atoms with Gasteiger partial charge in [0.2, 0.25) is 0 Å². The fraction of sp³-hybridized carbons (Fsp3) is 0.444. The van der Waals surface area contributed by atoms with E-state index in [1.807, 2.05) is 13.0 Å². The number of rotatable bonds is 2. The van der Waals surface area contributed by atoms with Crippen LogP contribution in [0.5, 0.6) is 5.75 Å². The number of aromatic hydroxyl groups is 1. The summed E-state index contributed by atoms with van der Waals surface area (Å²) in [4.78, 5) is 0.